The fraction of sp³-hybridized carbons (Fsp3) is 0.611. The molecular formula is C18H27N3. The van der Waals surface area contributed by atoms with Gasteiger partial charge in [0.15, 0.2) is 0 Å². The van der Waals surface area contributed by atoms with Crippen LogP contribution in [0.4, 0.5) is 0 Å². The molecule has 0 spiro atoms. The van der Waals surface area contributed by atoms with Crippen LogP contribution in [0.15, 0.2) is 30.3 Å². The molecule has 21 heavy (non-hydrogen) atoms. The molecule has 3 nitrogen and oxygen atoms in total. The van der Waals surface area contributed by atoms with E-state index in [1.165, 1.54) is 12.8 Å². The molecule has 0 saturated heterocycles. The van der Waals surface area contributed by atoms with Gasteiger partial charge in [0.05, 0.1) is 6.07 Å². The van der Waals surface area contributed by atoms with E-state index < -0.39 is 5.54 Å². The van der Waals surface area contributed by atoms with Gasteiger partial charge in [-0.3, -0.25) is 5.32 Å². The Bertz CT molecular complexity index is 473. The topological polar surface area (TPSA) is 39.1 Å². The molecule has 0 bridgehead atoms. The lowest BCUT2D eigenvalue weighted by Gasteiger charge is -2.35. The van der Waals surface area contributed by atoms with Crippen molar-refractivity contribution in [2.75, 3.05) is 19.6 Å². The highest BCUT2D eigenvalue weighted by atomic mass is 15.2. The summed E-state index contributed by atoms with van der Waals surface area (Å²) >= 11 is 0. The van der Waals surface area contributed by atoms with Crippen LogP contribution in [0.25, 0.3) is 0 Å². The van der Waals surface area contributed by atoms with Gasteiger partial charge in [0.1, 0.15) is 5.54 Å². The van der Waals surface area contributed by atoms with Crippen molar-refractivity contribution < 1.29 is 0 Å². The number of nitrogens with one attached hydrogen (secondary N) is 1. The largest absolute Gasteiger partial charge is 0.300 e. The van der Waals surface area contributed by atoms with Crippen LogP contribution in [0.3, 0.4) is 0 Å². The third kappa shape index (κ3) is 4.30. The molecule has 0 radical (unpaired) electrons. The van der Waals surface area contributed by atoms with Crippen molar-refractivity contribution in [3.63, 3.8) is 0 Å². The van der Waals surface area contributed by atoms with Gasteiger partial charge in [0.25, 0.3) is 0 Å². The second-order valence-electron chi connectivity index (χ2n) is 6.52. The van der Waals surface area contributed by atoms with E-state index in [1.54, 1.807) is 0 Å². The van der Waals surface area contributed by atoms with Crippen molar-refractivity contribution in [2.45, 2.75) is 45.2 Å². The molecule has 1 aliphatic carbocycles. The minimum absolute atomic E-state index is 0.502. The van der Waals surface area contributed by atoms with E-state index in [0.717, 1.165) is 25.2 Å². The Morgan fingerprint density at radius 3 is 2.48 bits per heavy atom. The third-order valence-electron chi connectivity index (χ3n) is 4.02. The van der Waals surface area contributed by atoms with E-state index in [-0.39, 0.29) is 0 Å². The predicted molar refractivity (Wildman–Crippen MR) is 86.8 cm³/mol. The maximum Gasteiger partial charge on any atom is 0.145 e. The lowest BCUT2D eigenvalue weighted by Crippen LogP contribution is -2.51. The molecule has 0 heterocycles. The Morgan fingerprint density at radius 1 is 1.33 bits per heavy atom. The number of hydrogen-bond acceptors (Lipinski definition) is 3. The number of likely N-dealkylation sites (N-methyl/N-ethyl adjacent to an activating group) is 1. The Morgan fingerprint density at radius 2 is 2.00 bits per heavy atom. The summed E-state index contributed by atoms with van der Waals surface area (Å²) in [4.78, 5) is 2.39. The lowest BCUT2D eigenvalue weighted by atomic mass is 9.90. The molecule has 1 N–H and O–H groups in total. The van der Waals surface area contributed by atoms with E-state index in [4.69, 9.17) is 0 Å². The molecule has 0 amide bonds. The van der Waals surface area contributed by atoms with E-state index >= 15 is 0 Å². The van der Waals surface area contributed by atoms with Crippen LogP contribution in [-0.4, -0.2) is 30.6 Å². The molecule has 0 aromatic heterocycles. The summed E-state index contributed by atoms with van der Waals surface area (Å²) < 4.78 is 0. The summed E-state index contributed by atoms with van der Waals surface area (Å²) in [6.07, 6.45) is 2.37. The van der Waals surface area contributed by atoms with Crippen molar-refractivity contribution >= 4 is 0 Å². The zero-order valence-corrected chi connectivity index (χ0v) is 13.5. The van der Waals surface area contributed by atoms with Crippen LogP contribution in [0.5, 0.6) is 0 Å². The van der Waals surface area contributed by atoms with Gasteiger partial charge in [0.2, 0.25) is 0 Å². The molecule has 114 valence electrons. The van der Waals surface area contributed by atoms with Gasteiger partial charge in [-0.25, -0.2) is 0 Å². The summed E-state index contributed by atoms with van der Waals surface area (Å²) in [7, 11) is 0. The van der Waals surface area contributed by atoms with Gasteiger partial charge < -0.3 is 4.90 Å². The van der Waals surface area contributed by atoms with Crippen molar-refractivity contribution in [1.29, 1.82) is 5.26 Å². The molecule has 1 aliphatic rings. The Labute approximate surface area is 129 Å². The molecule has 2 rings (SSSR count). The second-order valence-corrected chi connectivity index (χ2v) is 6.52. The summed E-state index contributed by atoms with van der Waals surface area (Å²) in [6.45, 7) is 9.38. The highest BCUT2D eigenvalue weighted by Crippen LogP contribution is 2.29. The molecule has 1 saturated carbocycles. The van der Waals surface area contributed by atoms with E-state index in [1.807, 2.05) is 18.2 Å². The van der Waals surface area contributed by atoms with Crippen LogP contribution in [0.2, 0.25) is 0 Å². The van der Waals surface area contributed by atoms with Gasteiger partial charge in [-0.15, -0.1) is 0 Å². The van der Waals surface area contributed by atoms with Crippen molar-refractivity contribution in [3.8, 4) is 6.07 Å². The first-order chi connectivity index (χ1) is 10.1. The SMILES string of the molecule is CCN(CC(C)C)CC(C#N)(NC1CC1)c1ccccc1. The maximum atomic E-state index is 9.95. The van der Waals surface area contributed by atoms with Crippen LogP contribution in [0.1, 0.15) is 39.2 Å². The van der Waals surface area contributed by atoms with Gasteiger partial charge in [-0.05, 0) is 30.9 Å². The van der Waals surface area contributed by atoms with Crippen molar-refractivity contribution in [2.24, 2.45) is 5.92 Å². The average molecular weight is 285 g/mol. The highest BCUT2D eigenvalue weighted by molar-refractivity contribution is 5.32. The summed E-state index contributed by atoms with van der Waals surface area (Å²) in [5.74, 6) is 0.609. The summed E-state index contributed by atoms with van der Waals surface area (Å²) in [5, 5.41) is 13.6. The van der Waals surface area contributed by atoms with Crippen LogP contribution >= 0.6 is 0 Å². The van der Waals surface area contributed by atoms with Gasteiger partial charge in [-0.2, -0.15) is 5.26 Å². The average Bonchev–Trinajstić information content (AvgIpc) is 3.30. The number of hydrogen-bond donors (Lipinski definition) is 1. The van der Waals surface area contributed by atoms with Gasteiger partial charge in [-0.1, -0.05) is 51.1 Å². The monoisotopic (exact) mass is 285 g/mol. The Hall–Kier alpha value is -1.37. The molecule has 1 atom stereocenters. The smallest absolute Gasteiger partial charge is 0.145 e. The first-order valence-electron chi connectivity index (χ1n) is 8.06. The molecular weight excluding hydrogens is 258 g/mol. The van der Waals surface area contributed by atoms with E-state index in [2.05, 4.69) is 49.2 Å². The summed E-state index contributed by atoms with van der Waals surface area (Å²) in [5.41, 5.74) is 0.495. The van der Waals surface area contributed by atoms with Crippen LogP contribution in [0, 0.1) is 17.2 Å². The van der Waals surface area contributed by atoms with Crippen molar-refractivity contribution in [1.82, 2.24) is 10.2 Å². The van der Waals surface area contributed by atoms with E-state index in [9.17, 15) is 5.26 Å². The predicted octanol–water partition coefficient (Wildman–Crippen LogP) is 3.14. The fourth-order valence-corrected chi connectivity index (χ4v) is 2.81. The number of nitriles is 1. The zero-order valence-electron chi connectivity index (χ0n) is 13.5. The normalized spacial score (nSPS) is 17.7. The third-order valence-corrected chi connectivity index (χ3v) is 4.02. The molecule has 0 aliphatic heterocycles. The number of rotatable bonds is 8. The zero-order chi connectivity index (χ0) is 15.3. The van der Waals surface area contributed by atoms with Crippen LogP contribution < -0.4 is 5.32 Å². The van der Waals surface area contributed by atoms with Crippen molar-refractivity contribution in [3.05, 3.63) is 35.9 Å². The number of nitrogens with zero attached hydrogens (tertiary/aromatic N) is 2. The molecule has 3 heteroatoms. The minimum Gasteiger partial charge on any atom is -0.300 e. The van der Waals surface area contributed by atoms with Gasteiger partial charge in [0, 0.05) is 19.1 Å². The Balaban J connectivity index is 2.24. The fourth-order valence-electron chi connectivity index (χ4n) is 2.81. The molecule has 1 fully saturated rings. The van der Waals surface area contributed by atoms with Crippen LogP contribution in [-0.2, 0) is 5.54 Å². The minimum atomic E-state index is -0.590. The highest BCUT2D eigenvalue weighted by Gasteiger charge is 2.39. The number of benzene rings is 1. The van der Waals surface area contributed by atoms with E-state index in [0.29, 0.717) is 12.0 Å². The molecule has 1 unspecified atom stereocenters. The summed E-state index contributed by atoms with van der Waals surface area (Å²) in [6, 6.07) is 13.3. The maximum absolute atomic E-state index is 9.95. The molecule has 1 aromatic rings. The Kier molecular flexibility index (Phi) is 5.39. The lowest BCUT2D eigenvalue weighted by molar-refractivity contribution is 0.199. The standard InChI is InChI=1S/C18H27N3/c1-4-21(12-15(2)3)14-18(13-19,20-17-10-11-17)16-8-6-5-7-9-16/h5-9,15,17,20H,4,10-12,14H2,1-3H3. The first kappa shape index (κ1) is 16.0. The first-order valence-corrected chi connectivity index (χ1v) is 8.06. The second kappa shape index (κ2) is 7.06. The van der Waals surface area contributed by atoms with Gasteiger partial charge >= 0.3 is 0 Å². The quantitative estimate of drug-likeness (QED) is 0.797. The molecule has 1 aromatic carbocycles.